The van der Waals surface area contributed by atoms with E-state index in [1.807, 2.05) is 6.92 Å². The van der Waals surface area contributed by atoms with E-state index in [9.17, 15) is 9.90 Å². The number of fused-ring (bicyclic) bond motifs is 2. The summed E-state index contributed by atoms with van der Waals surface area (Å²) < 4.78 is 12.7. The molecule has 5 atom stereocenters. The second kappa shape index (κ2) is 5.96. The highest BCUT2D eigenvalue weighted by atomic mass is 16.7. The molecular formula is C12H19N5O4. The van der Waals surface area contributed by atoms with Crippen LogP contribution in [0.15, 0.2) is 12.7 Å². The Balaban J connectivity index is 1.73. The van der Waals surface area contributed by atoms with Crippen LogP contribution in [0.25, 0.3) is 0 Å². The number of ether oxygens (including phenoxy) is 2. The van der Waals surface area contributed by atoms with Gasteiger partial charge in [-0.15, -0.1) is 0 Å². The summed E-state index contributed by atoms with van der Waals surface area (Å²) in [4.78, 5) is 15.7. The minimum absolute atomic E-state index is 0.325. The van der Waals surface area contributed by atoms with Crippen LogP contribution in [-0.4, -0.2) is 63.6 Å². The van der Waals surface area contributed by atoms with Crippen LogP contribution in [0.4, 0.5) is 4.79 Å². The minimum atomic E-state index is -0.870. The van der Waals surface area contributed by atoms with Crippen molar-refractivity contribution in [1.82, 2.24) is 25.4 Å². The highest BCUT2D eigenvalue weighted by Crippen LogP contribution is 2.35. The number of hydrogen-bond acceptors (Lipinski definition) is 6. The second-order valence-electron chi connectivity index (χ2n) is 5.16. The van der Waals surface area contributed by atoms with E-state index >= 15 is 0 Å². The fraction of sp³-hybridized carbons (Fsp3) is 0.750. The lowest BCUT2D eigenvalue weighted by molar-refractivity contribution is -0.166. The fourth-order valence-corrected chi connectivity index (χ4v) is 2.67. The fourth-order valence-electron chi connectivity index (χ4n) is 2.67. The van der Waals surface area contributed by atoms with Gasteiger partial charge in [0.25, 0.3) is 0 Å². The van der Waals surface area contributed by atoms with Gasteiger partial charge in [0, 0.05) is 6.54 Å². The first-order valence-electron chi connectivity index (χ1n) is 7.04. The molecule has 9 heteroatoms. The quantitative estimate of drug-likeness (QED) is 0.658. The number of nitrogens with zero attached hydrogens (tertiary/aromatic N) is 3. The predicted molar refractivity (Wildman–Crippen MR) is 70.3 cm³/mol. The van der Waals surface area contributed by atoms with Gasteiger partial charge in [-0.1, -0.05) is 6.92 Å². The summed E-state index contributed by atoms with van der Waals surface area (Å²) >= 11 is 0. The maximum atomic E-state index is 11.8. The van der Waals surface area contributed by atoms with Crippen molar-refractivity contribution in [2.75, 3.05) is 13.2 Å². The second-order valence-corrected chi connectivity index (χ2v) is 5.16. The third-order valence-electron chi connectivity index (χ3n) is 3.71. The molecule has 2 bridgehead atoms. The summed E-state index contributed by atoms with van der Waals surface area (Å²) in [7, 11) is 0. The van der Waals surface area contributed by atoms with Crippen LogP contribution in [-0.2, 0) is 9.47 Å². The SMILES string of the molecule is CCCNC(=O)N[C@H]1[C@H](O)[C@@H](n2cncn2)[C@@H]2OC[C@H]1O2. The van der Waals surface area contributed by atoms with Crippen LogP contribution in [0.2, 0.25) is 0 Å². The Labute approximate surface area is 121 Å². The maximum Gasteiger partial charge on any atom is 0.315 e. The number of amides is 2. The van der Waals surface area contributed by atoms with Crippen molar-refractivity contribution >= 4 is 6.03 Å². The van der Waals surface area contributed by atoms with Crippen LogP contribution in [0.3, 0.4) is 0 Å². The number of urea groups is 1. The molecule has 0 aliphatic carbocycles. The molecular weight excluding hydrogens is 278 g/mol. The standard InChI is InChI=1S/C12H19N5O4/c1-2-3-14-12(19)16-8-7-4-20-11(21-7)9(10(8)18)17-6-13-5-15-17/h5-11,18H,2-4H2,1H3,(H2,14,16,19)/t7-,8-,9-,10+,11-/m1/s1. The van der Waals surface area contributed by atoms with Gasteiger partial charge in [-0.25, -0.2) is 14.5 Å². The van der Waals surface area contributed by atoms with Gasteiger partial charge < -0.3 is 25.2 Å². The molecule has 0 aromatic carbocycles. The molecule has 0 radical (unpaired) electrons. The number of carbonyl (C=O) groups is 1. The molecule has 3 heterocycles. The van der Waals surface area contributed by atoms with Crippen molar-refractivity contribution in [2.45, 2.75) is 43.9 Å². The minimum Gasteiger partial charge on any atom is -0.388 e. The Morgan fingerprint density at radius 1 is 1.57 bits per heavy atom. The van der Waals surface area contributed by atoms with Gasteiger partial charge in [-0.05, 0) is 6.42 Å². The maximum absolute atomic E-state index is 11.8. The van der Waals surface area contributed by atoms with Crippen molar-refractivity contribution in [3.05, 3.63) is 12.7 Å². The Morgan fingerprint density at radius 3 is 3.14 bits per heavy atom. The van der Waals surface area contributed by atoms with E-state index in [1.165, 1.54) is 17.3 Å². The largest absolute Gasteiger partial charge is 0.388 e. The van der Waals surface area contributed by atoms with Crippen molar-refractivity contribution in [1.29, 1.82) is 0 Å². The average molecular weight is 297 g/mol. The van der Waals surface area contributed by atoms with Crippen LogP contribution >= 0.6 is 0 Å². The predicted octanol–water partition coefficient (Wildman–Crippen LogP) is -0.987. The molecule has 1 aromatic rings. The van der Waals surface area contributed by atoms with Crippen molar-refractivity contribution in [3.63, 3.8) is 0 Å². The molecule has 2 saturated heterocycles. The number of aliphatic hydroxyl groups excluding tert-OH is 1. The summed E-state index contributed by atoms with van der Waals surface area (Å²) in [6.45, 7) is 2.87. The normalized spacial score (nSPS) is 34.7. The molecule has 3 N–H and O–H groups in total. The van der Waals surface area contributed by atoms with E-state index < -0.39 is 24.5 Å². The molecule has 3 rings (SSSR count). The Morgan fingerprint density at radius 2 is 2.43 bits per heavy atom. The Kier molecular flexibility index (Phi) is 4.04. The highest BCUT2D eigenvalue weighted by molar-refractivity contribution is 5.74. The molecule has 21 heavy (non-hydrogen) atoms. The van der Waals surface area contributed by atoms with Gasteiger partial charge >= 0.3 is 6.03 Å². The summed E-state index contributed by atoms with van der Waals surface area (Å²) in [5.41, 5.74) is 0. The summed E-state index contributed by atoms with van der Waals surface area (Å²) in [6, 6.07) is -1.43. The van der Waals surface area contributed by atoms with Gasteiger partial charge in [0.1, 0.15) is 30.9 Å². The zero-order chi connectivity index (χ0) is 14.8. The molecule has 2 aliphatic rings. The van der Waals surface area contributed by atoms with E-state index in [-0.39, 0.29) is 12.1 Å². The highest BCUT2D eigenvalue weighted by Gasteiger charge is 2.51. The van der Waals surface area contributed by atoms with Crippen molar-refractivity contribution < 1.29 is 19.4 Å². The lowest BCUT2D eigenvalue weighted by atomic mass is 9.96. The smallest absolute Gasteiger partial charge is 0.315 e. The number of aliphatic hydroxyl groups is 1. The van der Waals surface area contributed by atoms with E-state index in [0.717, 1.165) is 6.42 Å². The van der Waals surface area contributed by atoms with Gasteiger partial charge in [0.05, 0.1) is 12.6 Å². The lowest BCUT2D eigenvalue weighted by Crippen LogP contribution is -2.60. The zero-order valence-corrected chi connectivity index (χ0v) is 11.7. The van der Waals surface area contributed by atoms with E-state index in [2.05, 4.69) is 20.7 Å². The number of nitrogens with one attached hydrogen (secondary N) is 2. The van der Waals surface area contributed by atoms with Crippen LogP contribution in [0.5, 0.6) is 0 Å². The Hall–Kier alpha value is -1.71. The zero-order valence-electron chi connectivity index (χ0n) is 11.7. The van der Waals surface area contributed by atoms with Gasteiger partial charge in [-0.2, -0.15) is 5.10 Å². The lowest BCUT2D eigenvalue weighted by Gasteiger charge is -2.38. The molecule has 116 valence electrons. The molecule has 1 aromatic heterocycles. The molecule has 2 aliphatic heterocycles. The third kappa shape index (κ3) is 2.71. The first-order chi connectivity index (χ1) is 10.2. The first kappa shape index (κ1) is 14.2. The van der Waals surface area contributed by atoms with E-state index in [1.54, 1.807) is 0 Å². The Bertz CT molecular complexity index is 482. The molecule has 2 amide bonds. The number of carbonyl (C=O) groups excluding carboxylic acids is 1. The van der Waals surface area contributed by atoms with Crippen LogP contribution in [0, 0.1) is 0 Å². The molecule has 9 nitrogen and oxygen atoms in total. The van der Waals surface area contributed by atoms with Gasteiger partial charge in [0.15, 0.2) is 6.29 Å². The van der Waals surface area contributed by atoms with Crippen molar-refractivity contribution in [3.8, 4) is 0 Å². The first-order valence-corrected chi connectivity index (χ1v) is 7.04. The topological polar surface area (TPSA) is 111 Å². The monoisotopic (exact) mass is 297 g/mol. The van der Waals surface area contributed by atoms with Gasteiger partial charge in [-0.3, -0.25) is 0 Å². The number of rotatable bonds is 4. The van der Waals surface area contributed by atoms with Crippen molar-refractivity contribution in [2.24, 2.45) is 0 Å². The summed E-state index contributed by atoms with van der Waals surface area (Å²) in [6.07, 6.45) is 1.90. The molecule has 0 saturated carbocycles. The van der Waals surface area contributed by atoms with Gasteiger partial charge in [0.2, 0.25) is 0 Å². The number of hydrogen-bond donors (Lipinski definition) is 3. The summed E-state index contributed by atoms with van der Waals surface area (Å²) in [5.74, 6) is 0. The molecule has 0 spiro atoms. The van der Waals surface area contributed by atoms with E-state index in [0.29, 0.717) is 13.2 Å². The molecule has 0 unspecified atom stereocenters. The van der Waals surface area contributed by atoms with Crippen LogP contribution < -0.4 is 10.6 Å². The average Bonchev–Trinajstić information content (AvgIpc) is 3.13. The van der Waals surface area contributed by atoms with Crippen LogP contribution in [0.1, 0.15) is 19.4 Å². The third-order valence-corrected chi connectivity index (χ3v) is 3.71. The number of aromatic nitrogens is 3. The van der Waals surface area contributed by atoms with E-state index in [4.69, 9.17) is 9.47 Å². The summed E-state index contributed by atoms with van der Waals surface area (Å²) in [5, 5.41) is 20.1. The molecule has 2 fully saturated rings.